The number of nitrogens with one attached hydrogen (secondary N) is 1. The maximum absolute atomic E-state index is 12.3. The lowest BCUT2D eigenvalue weighted by Crippen LogP contribution is -2.25. The summed E-state index contributed by atoms with van der Waals surface area (Å²) >= 11 is 1.62. The average molecular weight is 366 g/mol. The zero-order valence-corrected chi connectivity index (χ0v) is 15.1. The van der Waals surface area contributed by atoms with Gasteiger partial charge < -0.3 is 14.8 Å². The SMILES string of the molecule is Cc1ccc(-c2nc(CCNC(=O)c3ccc4c(c3)OCO4)cs2)cc1. The molecule has 2 aromatic carbocycles. The van der Waals surface area contributed by atoms with E-state index in [4.69, 9.17) is 9.47 Å². The number of ether oxygens (including phenoxy) is 2. The quantitative estimate of drug-likeness (QED) is 0.746. The van der Waals surface area contributed by atoms with Crippen LogP contribution in [0.15, 0.2) is 47.8 Å². The Morgan fingerprint density at radius 3 is 2.81 bits per heavy atom. The van der Waals surface area contributed by atoms with Gasteiger partial charge >= 0.3 is 0 Å². The molecule has 132 valence electrons. The number of aryl methyl sites for hydroxylation is 1. The highest BCUT2D eigenvalue weighted by Crippen LogP contribution is 2.32. The van der Waals surface area contributed by atoms with E-state index in [1.807, 2.05) is 5.38 Å². The number of thiazole rings is 1. The summed E-state index contributed by atoms with van der Waals surface area (Å²) in [5, 5.41) is 5.97. The fourth-order valence-corrected chi connectivity index (χ4v) is 3.55. The van der Waals surface area contributed by atoms with Crippen molar-refractivity contribution in [3.63, 3.8) is 0 Å². The second-order valence-electron chi connectivity index (χ2n) is 6.08. The molecule has 26 heavy (non-hydrogen) atoms. The van der Waals surface area contributed by atoms with Gasteiger partial charge in [0.25, 0.3) is 5.91 Å². The number of carbonyl (C=O) groups excluding carboxylic acids is 1. The van der Waals surface area contributed by atoms with Crippen molar-refractivity contribution in [1.29, 1.82) is 0 Å². The van der Waals surface area contributed by atoms with Gasteiger partial charge in [-0.15, -0.1) is 11.3 Å². The number of benzene rings is 2. The van der Waals surface area contributed by atoms with Gasteiger partial charge in [0.2, 0.25) is 6.79 Å². The Morgan fingerprint density at radius 2 is 1.96 bits per heavy atom. The van der Waals surface area contributed by atoms with Crippen LogP contribution < -0.4 is 14.8 Å². The van der Waals surface area contributed by atoms with E-state index < -0.39 is 0 Å². The first kappa shape index (κ1) is 16.6. The predicted octanol–water partition coefficient (Wildman–Crippen LogP) is 3.82. The molecule has 0 unspecified atom stereocenters. The van der Waals surface area contributed by atoms with E-state index in [2.05, 4.69) is 41.5 Å². The summed E-state index contributed by atoms with van der Waals surface area (Å²) in [6.07, 6.45) is 0.693. The van der Waals surface area contributed by atoms with Crippen molar-refractivity contribution in [1.82, 2.24) is 10.3 Å². The van der Waals surface area contributed by atoms with Gasteiger partial charge in [0.05, 0.1) is 5.69 Å². The van der Waals surface area contributed by atoms with E-state index in [0.29, 0.717) is 30.0 Å². The lowest BCUT2D eigenvalue weighted by molar-refractivity contribution is 0.0953. The predicted molar refractivity (Wildman–Crippen MR) is 101 cm³/mol. The Labute approximate surface area is 155 Å². The summed E-state index contributed by atoms with van der Waals surface area (Å²) in [5.41, 5.74) is 3.90. The minimum absolute atomic E-state index is 0.128. The van der Waals surface area contributed by atoms with Crippen molar-refractivity contribution in [2.75, 3.05) is 13.3 Å². The zero-order chi connectivity index (χ0) is 17.9. The van der Waals surface area contributed by atoms with Crippen LogP contribution >= 0.6 is 11.3 Å². The van der Waals surface area contributed by atoms with Gasteiger partial charge in [-0.1, -0.05) is 29.8 Å². The molecule has 5 nitrogen and oxygen atoms in total. The number of nitrogens with zero attached hydrogens (tertiary/aromatic N) is 1. The third-order valence-corrected chi connectivity index (χ3v) is 5.09. The standard InChI is InChI=1S/C20H18N2O3S/c1-13-2-4-14(5-3-13)20-22-16(11-26-20)8-9-21-19(23)15-6-7-17-18(10-15)25-12-24-17/h2-7,10-11H,8-9,12H2,1H3,(H,21,23). The van der Waals surface area contributed by atoms with Gasteiger partial charge in [-0.05, 0) is 25.1 Å². The summed E-state index contributed by atoms with van der Waals surface area (Å²) in [5.74, 6) is 1.16. The molecule has 3 aromatic rings. The number of hydrogen-bond acceptors (Lipinski definition) is 5. The lowest BCUT2D eigenvalue weighted by Gasteiger charge is -2.05. The van der Waals surface area contributed by atoms with Crippen molar-refractivity contribution in [3.8, 4) is 22.1 Å². The Balaban J connectivity index is 1.33. The van der Waals surface area contributed by atoms with Crippen LogP contribution in [0.25, 0.3) is 10.6 Å². The Hall–Kier alpha value is -2.86. The maximum atomic E-state index is 12.3. The summed E-state index contributed by atoms with van der Waals surface area (Å²) in [4.78, 5) is 16.9. The maximum Gasteiger partial charge on any atom is 0.251 e. The fraction of sp³-hybridized carbons (Fsp3) is 0.200. The number of amides is 1. The molecular weight excluding hydrogens is 348 g/mol. The summed E-state index contributed by atoms with van der Waals surface area (Å²) in [6.45, 7) is 2.80. The van der Waals surface area contributed by atoms with E-state index >= 15 is 0 Å². The highest BCUT2D eigenvalue weighted by molar-refractivity contribution is 7.13. The third kappa shape index (κ3) is 3.55. The molecule has 0 spiro atoms. The largest absolute Gasteiger partial charge is 0.454 e. The van der Waals surface area contributed by atoms with E-state index in [1.165, 1.54) is 5.56 Å². The second-order valence-corrected chi connectivity index (χ2v) is 6.94. The van der Waals surface area contributed by atoms with Crippen LogP contribution in [0.5, 0.6) is 11.5 Å². The van der Waals surface area contributed by atoms with Crippen LogP contribution in [0, 0.1) is 6.92 Å². The molecule has 0 saturated heterocycles. The van der Waals surface area contributed by atoms with Gasteiger partial charge in [0.1, 0.15) is 5.01 Å². The van der Waals surface area contributed by atoms with Crippen LogP contribution in [0.4, 0.5) is 0 Å². The Morgan fingerprint density at radius 1 is 1.15 bits per heavy atom. The highest BCUT2D eigenvalue weighted by atomic mass is 32.1. The molecule has 1 aliphatic rings. The first-order valence-electron chi connectivity index (χ1n) is 8.38. The van der Waals surface area contributed by atoms with Gasteiger partial charge in [0.15, 0.2) is 11.5 Å². The van der Waals surface area contributed by atoms with Gasteiger partial charge in [-0.2, -0.15) is 0 Å². The molecule has 0 aliphatic carbocycles. The number of fused-ring (bicyclic) bond motifs is 1. The molecule has 2 heterocycles. The van der Waals surface area contributed by atoms with Crippen LogP contribution in [-0.2, 0) is 6.42 Å². The number of hydrogen-bond donors (Lipinski definition) is 1. The number of rotatable bonds is 5. The molecule has 4 rings (SSSR count). The van der Waals surface area contributed by atoms with Gasteiger partial charge in [-0.3, -0.25) is 4.79 Å². The first-order valence-corrected chi connectivity index (χ1v) is 9.26. The van der Waals surface area contributed by atoms with E-state index in [0.717, 1.165) is 16.3 Å². The Bertz CT molecular complexity index is 934. The van der Waals surface area contributed by atoms with Crippen LogP contribution in [0.1, 0.15) is 21.6 Å². The molecule has 1 aromatic heterocycles. The van der Waals surface area contributed by atoms with Crippen molar-refractivity contribution < 1.29 is 14.3 Å². The molecule has 0 bridgehead atoms. The van der Waals surface area contributed by atoms with E-state index in [9.17, 15) is 4.79 Å². The average Bonchev–Trinajstić information content (AvgIpc) is 3.31. The fourth-order valence-electron chi connectivity index (χ4n) is 2.69. The van der Waals surface area contributed by atoms with Gasteiger partial charge in [0, 0.05) is 29.5 Å². The summed E-state index contributed by atoms with van der Waals surface area (Å²) < 4.78 is 10.6. The highest BCUT2D eigenvalue weighted by Gasteiger charge is 2.16. The van der Waals surface area contributed by atoms with Crippen molar-refractivity contribution in [3.05, 3.63) is 64.7 Å². The Kier molecular flexibility index (Phi) is 4.58. The smallest absolute Gasteiger partial charge is 0.251 e. The van der Waals surface area contributed by atoms with Crippen LogP contribution in [0.3, 0.4) is 0 Å². The molecule has 0 atom stereocenters. The lowest BCUT2D eigenvalue weighted by atomic mass is 10.2. The normalized spacial score (nSPS) is 12.2. The molecule has 1 amide bonds. The molecule has 0 fully saturated rings. The molecule has 0 saturated carbocycles. The van der Waals surface area contributed by atoms with Crippen LogP contribution in [0.2, 0.25) is 0 Å². The topological polar surface area (TPSA) is 60.5 Å². The minimum Gasteiger partial charge on any atom is -0.454 e. The summed E-state index contributed by atoms with van der Waals surface area (Å²) in [7, 11) is 0. The van der Waals surface area contributed by atoms with E-state index in [-0.39, 0.29) is 12.7 Å². The zero-order valence-electron chi connectivity index (χ0n) is 14.3. The van der Waals surface area contributed by atoms with Gasteiger partial charge in [-0.25, -0.2) is 4.98 Å². The minimum atomic E-state index is -0.128. The van der Waals surface area contributed by atoms with Crippen molar-refractivity contribution in [2.45, 2.75) is 13.3 Å². The number of carbonyl (C=O) groups is 1. The molecule has 1 N–H and O–H groups in total. The molecule has 1 aliphatic heterocycles. The van der Waals surface area contributed by atoms with Crippen molar-refractivity contribution >= 4 is 17.2 Å². The molecule has 6 heteroatoms. The first-order chi connectivity index (χ1) is 12.7. The van der Waals surface area contributed by atoms with E-state index in [1.54, 1.807) is 29.5 Å². The molecule has 0 radical (unpaired) electrons. The monoisotopic (exact) mass is 366 g/mol. The molecular formula is C20H18N2O3S. The second kappa shape index (κ2) is 7.17. The van der Waals surface area contributed by atoms with Crippen molar-refractivity contribution in [2.24, 2.45) is 0 Å². The number of aromatic nitrogens is 1. The summed E-state index contributed by atoms with van der Waals surface area (Å²) in [6, 6.07) is 13.5. The van der Waals surface area contributed by atoms with Crippen LogP contribution in [-0.4, -0.2) is 24.2 Å². The third-order valence-electron chi connectivity index (χ3n) is 4.15.